The van der Waals surface area contributed by atoms with Crippen LogP contribution in [0.15, 0.2) is 0 Å². The molecule has 128 heavy (non-hydrogen) atoms. The average molecular weight is 1810 g/mol. The van der Waals surface area contributed by atoms with E-state index in [1.165, 1.54) is 396 Å². The fraction of sp³-hybridized carbons (Fsp3) is 1.00. The summed E-state index contributed by atoms with van der Waals surface area (Å²) >= 11 is 0. The molecule has 0 radical (unpaired) electrons. The maximum Gasteiger partial charge on any atom is 0.0867 e. The smallest absolute Gasteiger partial charge is 0.0867 e. The lowest BCUT2D eigenvalue weighted by atomic mass is 9.91. The van der Waals surface area contributed by atoms with Gasteiger partial charge in [0.15, 0.2) is 0 Å². The van der Waals surface area contributed by atoms with Gasteiger partial charge >= 0.3 is 0 Å². The summed E-state index contributed by atoms with van der Waals surface area (Å²) < 4.78 is 16.1. The van der Waals surface area contributed by atoms with Gasteiger partial charge in [-0.25, -0.2) is 0 Å². The van der Waals surface area contributed by atoms with Gasteiger partial charge in [-0.15, -0.1) is 0 Å². The van der Waals surface area contributed by atoms with E-state index >= 15 is 0 Å². The summed E-state index contributed by atoms with van der Waals surface area (Å²) in [5, 5.41) is 17.4. The summed E-state index contributed by atoms with van der Waals surface area (Å²) in [6.45, 7) is 58.2. The summed E-state index contributed by atoms with van der Waals surface area (Å²) in [6, 6.07) is 7.47. The molecule has 28 heteroatoms. The molecule has 2 aliphatic carbocycles. The Morgan fingerprint density at radius 3 is 1.11 bits per heavy atom. The standard InChI is InChI=1S/C10H21N3.C10H20N2O.C10H20N2.C9H18N2.C9H20N2.C8H16N2O.3C8H16N2.C7H14N2O.C7H16N2.C6H14N2/c1-12-6-2-10(3-7-12)13-8-4-11-5-9-13;1-11-4-2-10(3-5-11)12-6-8-13-9-7-12;1-11-6-8-12(9-7-11)10-4-2-3-5-10;1-10-5-7-11(8-6-10)9-3-2-4-9;1-10(2)9-5-4-7-11(3)8-6-9;1-9-2-4-10(5-3-9)8-6-11-7-8;2*1-10-6-4-8(7-10)3-2-5-9-8;1-9-5-6-10-4-2-3-8(10)7-9;1-9-4-6-7(5-9)10-3-2-8-6;1-8(2)7-4-5-9(3)6-7;1-8-5-2-3-7-4-6-8/h10-11H,2-9H2,1H3;10H,2-9H2,1H3;10H,2-9H2,1H3;9H,2-8H2,1H3;9H,4-8H2,1-3H3;8H,2-7H2,1H3;2*9H,2-7H2,1H3;8H,2-7H2,1H3;6-8H,2-5H2,1H3;7H,4-6H2,1-3H3;7H,2-6H2,1H3. The fourth-order valence-corrected chi connectivity index (χ4v) is 23.3. The highest BCUT2D eigenvalue weighted by Gasteiger charge is 2.41. The van der Waals surface area contributed by atoms with E-state index in [1.54, 1.807) is 0 Å². The molecule has 2 spiro atoms. The van der Waals surface area contributed by atoms with Gasteiger partial charge in [0.2, 0.25) is 0 Å². The molecule has 21 aliphatic rings. The van der Waals surface area contributed by atoms with E-state index in [4.69, 9.17) is 14.2 Å². The first-order valence-corrected chi connectivity index (χ1v) is 53.4. The second kappa shape index (κ2) is 60.0. The highest BCUT2D eigenvalue weighted by Crippen LogP contribution is 2.32. The number of likely N-dealkylation sites (tertiary alicyclic amines) is 7. The minimum atomic E-state index is 0.457. The molecule has 750 valence electrons. The van der Waals surface area contributed by atoms with Gasteiger partial charge in [0.1, 0.15) is 0 Å². The van der Waals surface area contributed by atoms with Crippen molar-refractivity contribution in [2.75, 3.05) is 427 Å². The van der Waals surface area contributed by atoms with Crippen molar-refractivity contribution in [1.82, 2.24) is 125 Å². The Hall–Kier alpha value is -1.12. The van der Waals surface area contributed by atoms with Crippen LogP contribution in [0.3, 0.4) is 0 Å². The van der Waals surface area contributed by atoms with Gasteiger partial charge in [-0.1, -0.05) is 19.3 Å². The number of piperidine rings is 2. The van der Waals surface area contributed by atoms with Crippen LogP contribution in [0.2, 0.25) is 0 Å². The van der Waals surface area contributed by atoms with Crippen molar-refractivity contribution in [3.63, 3.8) is 0 Å². The molecule has 21 fully saturated rings. The first kappa shape index (κ1) is 109. The largest absolute Gasteiger partial charge is 0.379 e. The first-order chi connectivity index (χ1) is 61.9. The number of likely N-dealkylation sites (N-methyl/N-ethyl adjacent to an activating group) is 10. The van der Waals surface area contributed by atoms with Gasteiger partial charge in [0, 0.05) is 249 Å². The summed E-state index contributed by atoms with van der Waals surface area (Å²) in [5.74, 6) is 0. The van der Waals surface area contributed by atoms with Crippen molar-refractivity contribution < 1.29 is 14.2 Å². The highest BCUT2D eigenvalue weighted by atomic mass is 16.5. The van der Waals surface area contributed by atoms with Gasteiger partial charge in [-0.05, 0) is 339 Å². The number of hydrogen-bond acceptors (Lipinski definition) is 28. The van der Waals surface area contributed by atoms with Crippen LogP contribution in [0.4, 0.5) is 0 Å². The van der Waals surface area contributed by atoms with Crippen LogP contribution in [-0.4, -0.2) is 597 Å². The van der Waals surface area contributed by atoms with Crippen LogP contribution >= 0.6 is 0 Å². The maximum atomic E-state index is 5.57. The van der Waals surface area contributed by atoms with Crippen molar-refractivity contribution in [1.29, 1.82) is 0 Å². The summed E-state index contributed by atoms with van der Waals surface area (Å²) in [6.07, 6.45) is 34.0. The second-order valence-corrected chi connectivity index (χ2v) is 44.0. The molecule has 0 bridgehead atoms. The third-order valence-corrected chi connectivity index (χ3v) is 32.9. The van der Waals surface area contributed by atoms with Crippen molar-refractivity contribution in [3.8, 4) is 0 Å². The van der Waals surface area contributed by atoms with Crippen LogP contribution in [-0.2, 0) is 14.2 Å². The Labute approximate surface area is 787 Å². The maximum absolute atomic E-state index is 5.57. The van der Waals surface area contributed by atoms with Crippen LogP contribution in [0.25, 0.3) is 0 Å². The molecule has 0 aromatic carbocycles. The summed E-state index contributed by atoms with van der Waals surface area (Å²) in [4.78, 5) is 49.4. The van der Waals surface area contributed by atoms with Gasteiger partial charge < -0.3 is 109 Å². The van der Waals surface area contributed by atoms with Crippen molar-refractivity contribution >= 4 is 0 Å². The van der Waals surface area contributed by atoms with Gasteiger partial charge in [-0.2, -0.15) is 0 Å². The number of nitrogens with one attached hydrogen (secondary N) is 5. The molecule has 5 N–H and O–H groups in total. The molecule has 0 amide bonds. The van der Waals surface area contributed by atoms with Crippen LogP contribution in [0, 0.1) is 0 Å². The van der Waals surface area contributed by atoms with Crippen molar-refractivity contribution in [2.24, 2.45) is 0 Å². The highest BCUT2D eigenvalue weighted by molar-refractivity contribution is 5.01. The average Bonchev–Trinajstić information content (AvgIpc) is 1.68. The zero-order valence-corrected chi connectivity index (χ0v) is 86.4. The lowest BCUT2D eigenvalue weighted by Gasteiger charge is -2.42. The fourth-order valence-electron chi connectivity index (χ4n) is 23.3. The monoisotopic (exact) mass is 1810 g/mol. The molecule has 7 atom stereocenters. The van der Waals surface area contributed by atoms with E-state index < -0.39 is 0 Å². The third-order valence-electron chi connectivity index (χ3n) is 32.9. The molecule has 7 unspecified atom stereocenters. The molecular weight excluding hydrogens is 1600 g/mol. The van der Waals surface area contributed by atoms with Crippen molar-refractivity contribution in [2.45, 2.75) is 226 Å². The number of piperazine rings is 5. The quantitative estimate of drug-likeness (QED) is 0.252. The molecule has 19 saturated heterocycles. The van der Waals surface area contributed by atoms with E-state index in [1.807, 2.05) is 0 Å². The third kappa shape index (κ3) is 40.0. The predicted octanol–water partition coefficient (Wildman–Crippen LogP) is 3.76. The Kier molecular flexibility index (Phi) is 51.0. The lowest BCUT2D eigenvalue weighted by Crippen LogP contribution is -2.55. The Bertz CT molecular complexity index is 2630. The number of hydrogen-bond donors (Lipinski definition) is 5. The molecule has 0 aromatic rings. The molecule has 28 nitrogen and oxygen atoms in total. The van der Waals surface area contributed by atoms with E-state index in [0.29, 0.717) is 23.2 Å². The van der Waals surface area contributed by atoms with Gasteiger partial charge in [0.05, 0.1) is 45.2 Å². The number of nitrogens with zero attached hydrogens (tertiary/aromatic N) is 20. The summed E-state index contributed by atoms with van der Waals surface area (Å²) in [7, 11) is 35.2. The number of ether oxygens (including phenoxy) is 3. The van der Waals surface area contributed by atoms with Gasteiger partial charge in [-0.3, -0.25) is 29.4 Å². The predicted molar refractivity (Wildman–Crippen MR) is 538 cm³/mol. The zero-order valence-electron chi connectivity index (χ0n) is 86.4. The second-order valence-electron chi connectivity index (χ2n) is 44.0. The minimum absolute atomic E-state index is 0.457. The molecule has 21 rings (SSSR count). The topological polar surface area (TPSA) is 153 Å². The first-order valence-electron chi connectivity index (χ1n) is 53.4. The van der Waals surface area contributed by atoms with Crippen molar-refractivity contribution in [3.05, 3.63) is 0 Å². The lowest BCUT2D eigenvalue weighted by molar-refractivity contribution is -0.0752. The SMILES string of the molecule is CN1CC2NCCOC2C1.CN1CCC(N(C)C)C1.CN1CCC(N2CCNCC2)CC1.CN1CCC(N2CCOCC2)CC1.CN1CCC2(CCCN2)C1.CN1CCC2(CCCN2)C1.CN1CCCC(N(C)C)CC1.CN1CCCNCC1.CN1CCN(C2CCC2)CC1.CN1CCN(C2CCCC2)CC1.CN1CCN(C2COC2)CC1.CN1CCN2CCCC2C1. The Morgan fingerprint density at radius 1 is 0.250 bits per heavy atom. The number of morpholine rings is 2. The van der Waals surface area contributed by atoms with E-state index in [0.717, 1.165) is 121 Å². The zero-order chi connectivity index (χ0) is 90.9. The van der Waals surface area contributed by atoms with E-state index in [9.17, 15) is 0 Å². The van der Waals surface area contributed by atoms with Crippen LogP contribution in [0.5, 0.6) is 0 Å². The van der Waals surface area contributed by atoms with Crippen LogP contribution < -0.4 is 26.6 Å². The van der Waals surface area contributed by atoms with E-state index in [-0.39, 0.29) is 0 Å². The summed E-state index contributed by atoms with van der Waals surface area (Å²) in [5.41, 5.74) is 1.07. The molecule has 2 saturated carbocycles. The molecule has 19 aliphatic heterocycles. The van der Waals surface area contributed by atoms with Gasteiger partial charge in [0.25, 0.3) is 0 Å². The molecule has 0 aromatic heterocycles. The Morgan fingerprint density at radius 2 is 0.656 bits per heavy atom. The van der Waals surface area contributed by atoms with Crippen LogP contribution in [0.1, 0.15) is 154 Å². The number of rotatable bonds is 7. The number of fused-ring (bicyclic) bond motifs is 2. The Balaban J connectivity index is 0.000000146. The normalized spacial score (nSPS) is 32.7. The molecular formula is C100H207N25O3. The minimum Gasteiger partial charge on any atom is -0.379 e. The van der Waals surface area contributed by atoms with E-state index in [2.05, 4.69) is 237 Å². The molecule has 19 heterocycles.